The number of nitrogens with zero attached hydrogens (tertiary/aromatic N) is 1. The first kappa shape index (κ1) is 16.7. The highest BCUT2D eigenvalue weighted by molar-refractivity contribution is 5.78. The lowest BCUT2D eigenvalue weighted by Gasteiger charge is -2.25. The van der Waals surface area contributed by atoms with E-state index in [4.69, 9.17) is 0 Å². The van der Waals surface area contributed by atoms with E-state index in [1.54, 1.807) is 11.9 Å². The fraction of sp³-hybridized carbons (Fsp3) is 0.533. The summed E-state index contributed by atoms with van der Waals surface area (Å²) in [7, 11) is 1.80. The van der Waals surface area contributed by atoms with Crippen molar-refractivity contribution >= 4 is 5.91 Å². The topological polar surface area (TPSA) is 32.3 Å². The van der Waals surface area contributed by atoms with Crippen LogP contribution in [0.15, 0.2) is 18.2 Å². The lowest BCUT2D eigenvalue weighted by atomic mass is 10.1. The normalized spacial score (nSPS) is 19.0. The van der Waals surface area contributed by atoms with Crippen LogP contribution in [0.4, 0.5) is 17.6 Å². The third-order valence-corrected chi connectivity index (χ3v) is 3.90. The maximum atomic E-state index is 13.9. The average molecular weight is 318 g/mol. The molecule has 0 aromatic heterocycles. The molecular weight excluding hydrogens is 300 g/mol. The third kappa shape index (κ3) is 3.76. The molecule has 1 atom stereocenters. The summed E-state index contributed by atoms with van der Waals surface area (Å²) in [5, 5.41) is 2.99. The molecule has 0 aliphatic carbocycles. The number of nitrogens with one attached hydrogen (secondary N) is 1. The Balaban J connectivity index is 2.13. The summed E-state index contributed by atoms with van der Waals surface area (Å²) in [6.07, 6.45) is -2.73. The highest BCUT2D eigenvalue weighted by Gasteiger charge is 2.33. The van der Waals surface area contributed by atoms with Gasteiger partial charge >= 0.3 is 6.18 Å². The number of carbonyl (C=O) groups excluding carboxylic acids is 1. The van der Waals surface area contributed by atoms with Crippen LogP contribution in [0.5, 0.6) is 0 Å². The molecule has 1 N–H and O–H groups in total. The molecule has 1 amide bonds. The van der Waals surface area contributed by atoms with Gasteiger partial charge in [0, 0.05) is 24.6 Å². The van der Waals surface area contributed by atoms with Crippen LogP contribution in [-0.2, 0) is 17.5 Å². The maximum absolute atomic E-state index is 13.9. The molecular formula is C15H18F4N2O. The van der Waals surface area contributed by atoms with Gasteiger partial charge in [0.15, 0.2) is 0 Å². The monoisotopic (exact) mass is 318 g/mol. The van der Waals surface area contributed by atoms with Gasteiger partial charge in [-0.25, -0.2) is 4.39 Å². The molecule has 22 heavy (non-hydrogen) atoms. The first-order valence-electron chi connectivity index (χ1n) is 7.12. The standard InChI is InChI=1S/C15H18F4N2O/c1-20-7-6-12-4-5-14(22)21(12)9-10-2-3-11(8-13(10)16)15(17,18)19/h2-3,8,12,20H,4-7,9H2,1H3. The molecule has 1 aliphatic rings. The molecule has 1 heterocycles. The van der Waals surface area contributed by atoms with Crippen LogP contribution >= 0.6 is 0 Å². The second-order valence-electron chi connectivity index (χ2n) is 5.41. The molecule has 0 radical (unpaired) electrons. The van der Waals surface area contributed by atoms with Crippen molar-refractivity contribution in [2.45, 2.75) is 38.0 Å². The van der Waals surface area contributed by atoms with Gasteiger partial charge in [-0.2, -0.15) is 13.2 Å². The van der Waals surface area contributed by atoms with Gasteiger partial charge in [0.05, 0.1) is 5.56 Å². The summed E-state index contributed by atoms with van der Waals surface area (Å²) in [4.78, 5) is 13.5. The zero-order valence-electron chi connectivity index (χ0n) is 12.2. The Morgan fingerprint density at radius 3 is 2.68 bits per heavy atom. The molecule has 0 spiro atoms. The van der Waals surface area contributed by atoms with Gasteiger partial charge < -0.3 is 10.2 Å². The van der Waals surface area contributed by atoms with Gasteiger partial charge in [-0.1, -0.05) is 6.07 Å². The second-order valence-corrected chi connectivity index (χ2v) is 5.41. The van der Waals surface area contributed by atoms with Gasteiger partial charge in [0.2, 0.25) is 5.91 Å². The summed E-state index contributed by atoms with van der Waals surface area (Å²) in [6, 6.07) is 2.44. The van der Waals surface area contributed by atoms with Crippen molar-refractivity contribution in [1.29, 1.82) is 0 Å². The van der Waals surface area contributed by atoms with E-state index in [9.17, 15) is 22.4 Å². The number of halogens is 4. The Morgan fingerprint density at radius 2 is 2.09 bits per heavy atom. The van der Waals surface area contributed by atoms with Gasteiger partial charge in [-0.15, -0.1) is 0 Å². The summed E-state index contributed by atoms with van der Waals surface area (Å²) in [6.45, 7) is 0.737. The van der Waals surface area contributed by atoms with Crippen LogP contribution in [0.1, 0.15) is 30.4 Å². The SMILES string of the molecule is CNCCC1CCC(=O)N1Cc1ccc(C(F)(F)F)cc1F. The Labute approximate surface area is 126 Å². The molecule has 1 saturated heterocycles. The Kier molecular flexibility index (Phi) is 5.05. The molecule has 1 unspecified atom stereocenters. The molecule has 2 rings (SSSR count). The fourth-order valence-electron chi connectivity index (χ4n) is 2.66. The molecule has 122 valence electrons. The lowest BCUT2D eigenvalue weighted by Crippen LogP contribution is -2.34. The van der Waals surface area contributed by atoms with Crippen LogP contribution in [0, 0.1) is 5.82 Å². The summed E-state index contributed by atoms with van der Waals surface area (Å²) in [5.41, 5.74) is -0.911. The van der Waals surface area contributed by atoms with E-state index < -0.39 is 17.6 Å². The van der Waals surface area contributed by atoms with Crippen molar-refractivity contribution in [3.8, 4) is 0 Å². The van der Waals surface area contributed by atoms with Crippen molar-refractivity contribution in [1.82, 2.24) is 10.2 Å². The van der Waals surface area contributed by atoms with Crippen LogP contribution in [0.25, 0.3) is 0 Å². The van der Waals surface area contributed by atoms with Crippen molar-refractivity contribution in [3.63, 3.8) is 0 Å². The Hall–Kier alpha value is -1.63. The van der Waals surface area contributed by atoms with E-state index >= 15 is 0 Å². The van der Waals surface area contributed by atoms with Crippen LogP contribution in [0.3, 0.4) is 0 Å². The molecule has 1 aromatic rings. The average Bonchev–Trinajstić information content (AvgIpc) is 2.78. The fourth-order valence-corrected chi connectivity index (χ4v) is 2.66. The van der Waals surface area contributed by atoms with Crippen molar-refractivity contribution < 1.29 is 22.4 Å². The summed E-state index contributed by atoms with van der Waals surface area (Å²) < 4.78 is 51.5. The van der Waals surface area contributed by atoms with E-state index in [0.717, 1.165) is 25.1 Å². The van der Waals surface area contributed by atoms with Gasteiger partial charge in [0.1, 0.15) is 5.82 Å². The number of carbonyl (C=O) groups is 1. The summed E-state index contributed by atoms with van der Waals surface area (Å²) >= 11 is 0. The highest BCUT2D eigenvalue weighted by Crippen LogP contribution is 2.31. The molecule has 1 aliphatic heterocycles. The predicted octanol–water partition coefficient (Wildman–Crippen LogP) is 2.95. The second kappa shape index (κ2) is 6.64. The molecule has 3 nitrogen and oxygen atoms in total. The number of likely N-dealkylation sites (tertiary alicyclic amines) is 1. The van der Waals surface area contributed by atoms with Crippen molar-refractivity contribution in [3.05, 3.63) is 35.1 Å². The van der Waals surface area contributed by atoms with Crippen LogP contribution in [0.2, 0.25) is 0 Å². The van der Waals surface area contributed by atoms with Gasteiger partial charge in [-0.05, 0) is 38.6 Å². The maximum Gasteiger partial charge on any atom is 0.416 e. The van der Waals surface area contributed by atoms with E-state index in [2.05, 4.69) is 5.32 Å². The zero-order valence-corrected chi connectivity index (χ0v) is 12.2. The highest BCUT2D eigenvalue weighted by atomic mass is 19.4. The van der Waals surface area contributed by atoms with E-state index in [1.807, 2.05) is 0 Å². The number of benzene rings is 1. The Bertz CT molecular complexity index is 545. The first-order valence-corrected chi connectivity index (χ1v) is 7.12. The molecule has 0 saturated carbocycles. The van der Waals surface area contributed by atoms with E-state index in [-0.39, 0.29) is 24.1 Å². The van der Waals surface area contributed by atoms with Crippen LogP contribution < -0.4 is 5.32 Å². The number of rotatable bonds is 5. The van der Waals surface area contributed by atoms with E-state index in [0.29, 0.717) is 18.9 Å². The number of hydrogen-bond acceptors (Lipinski definition) is 2. The molecule has 0 bridgehead atoms. The van der Waals surface area contributed by atoms with Crippen molar-refractivity contribution in [2.24, 2.45) is 0 Å². The third-order valence-electron chi connectivity index (χ3n) is 3.90. The van der Waals surface area contributed by atoms with Gasteiger partial charge in [-0.3, -0.25) is 4.79 Å². The van der Waals surface area contributed by atoms with Crippen LogP contribution in [-0.4, -0.2) is 30.4 Å². The first-order chi connectivity index (χ1) is 10.3. The smallest absolute Gasteiger partial charge is 0.335 e. The minimum absolute atomic E-state index is 0.00152. The van der Waals surface area contributed by atoms with E-state index in [1.165, 1.54) is 0 Å². The summed E-state index contributed by atoms with van der Waals surface area (Å²) in [5.74, 6) is -1.01. The predicted molar refractivity (Wildman–Crippen MR) is 73.5 cm³/mol. The Morgan fingerprint density at radius 1 is 1.36 bits per heavy atom. The molecule has 7 heteroatoms. The minimum atomic E-state index is -4.57. The number of amides is 1. The van der Waals surface area contributed by atoms with Crippen molar-refractivity contribution in [2.75, 3.05) is 13.6 Å². The largest absolute Gasteiger partial charge is 0.416 e. The lowest BCUT2D eigenvalue weighted by molar-refractivity contribution is -0.138. The minimum Gasteiger partial charge on any atom is -0.335 e. The van der Waals surface area contributed by atoms with Gasteiger partial charge in [0.25, 0.3) is 0 Å². The number of hydrogen-bond donors (Lipinski definition) is 1. The molecule has 1 aromatic carbocycles. The molecule has 1 fully saturated rings. The quantitative estimate of drug-likeness (QED) is 0.847. The number of alkyl halides is 3. The zero-order chi connectivity index (χ0) is 16.3.